The van der Waals surface area contributed by atoms with E-state index in [0.717, 1.165) is 6.29 Å². The Balaban J connectivity index is 2.66. The molecule has 0 aliphatic rings. The van der Waals surface area contributed by atoms with Gasteiger partial charge in [-0.05, 0) is 24.3 Å². The first-order valence-corrected chi connectivity index (χ1v) is 5.51. The van der Waals surface area contributed by atoms with E-state index >= 15 is 0 Å². The largest absolute Gasteiger partial charge is 0.303 e. The number of carbonyl (C=O) groups excluding carboxylic acids is 1. The molecule has 1 atom stereocenters. The highest BCUT2D eigenvalue weighted by Crippen LogP contribution is 2.12. The highest BCUT2D eigenvalue weighted by Gasteiger charge is 2.02. The van der Waals surface area contributed by atoms with Crippen LogP contribution in [0.15, 0.2) is 29.2 Å². The summed E-state index contributed by atoms with van der Waals surface area (Å²) in [6.45, 7) is 0. The van der Waals surface area contributed by atoms with Gasteiger partial charge < -0.3 is 4.79 Å². The van der Waals surface area contributed by atoms with Crippen LogP contribution in [-0.2, 0) is 15.6 Å². The highest BCUT2D eigenvalue weighted by atomic mass is 35.5. The second-order valence-electron chi connectivity index (χ2n) is 2.46. The molecular formula is C9H9ClO2S. The van der Waals surface area contributed by atoms with E-state index in [1.165, 1.54) is 0 Å². The number of hydrogen-bond acceptors (Lipinski definition) is 2. The van der Waals surface area contributed by atoms with Gasteiger partial charge in [0, 0.05) is 22.1 Å². The summed E-state index contributed by atoms with van der Waals surface area (Å²) in [7, 11) is -1.08. The van der Waals surface area contributed by atoms with Crippen molar-refractivity contribution in [2.24, 2.45) is 0 Å². The van der Waals surface area contributed by atoms with Gasteiger partial charge in [0.05, 0.1) is 10.8 Å². The lowest BCUT2D eigenvalue weighted by atomic mass is 10.4. The zero-order valence-electron chi connectivity index (χ0n) is 6.90. The smallest absolute Gasteiger partial charge is 0.120 e. The summed E-state index contributed by atoms with van der Waals surface area (Å²) in [5.74, 6) is 0.380. The normalized spacial score (nSPS) is 12.4. The maximum absolute atomic E-state index is 11.4. The molecule has 0 radical (unpaired) electrons. The molecule has 1 rings (SSSR count). The number of benzene rings is 1. The second-order valence-corrected chi connectivity index (χ2v) is 4.47. The van der Waals surface area contributed by atoms with E-state index in [-0.39, 0.29) is 0 Å². The third-order valence-corrected chi connectivity index (χ3v) is 3.15. The van der Waals surface area contributed by atoms with Crippen LogP contribution in [0.5, 0.6) is 0 Å². The predicted octanol–water partition coefficient (Wildman–Crippen LogP) is 2.04. The van der Waals surface area contributed by atoms with Crippen LogP contribution in [0.1, 0.15) is 6.42 Å². The van der Waals surface area contributed by atoms with Gasteiger partial charge in [-0.15, -0.1) is 0 Å². The van der Waals surface area contributed by atoms with Crippen molar-refractivity contribution in [1.82, 2.24) is 0 Å². The molecule has 0 aliphatic heterocycles. The Morgan fingerprint density at radius 2 is 1.92 bits per heavy atom. The van der Waals surface area contributed by atoms with Crippen molar-refractivity contribution in [2.75, 3.05) is 5.75 Å². The van der Waals surface area contributed by atoms with Gasteiger partial charge in [0.25, 0.3) is 0 Å². The lowest BCUT2D eigenvalue weighted by Crippen LogP contribution is -1.98. The van der Waals surface area contributed by atoms with Crippen LogP contribution in [0.2, 0.25) is 5.02 Å². The zero-order chi connectivity index (χ0) is 9.68. The first-order chi connectivity index (χ1) is 6.24. The Morgan fingerprint density at radius 1 is 1.31 bits per heavy atom. The maximum atomic E-state index is 11.4. The van der Waals surface area contributed by atoms with Crippen LogP contribution in [0, 0.1) is 0 Å². The van der Waals surface area contributed by atoms with Gasteiger partial charge in [-0.1, -0.05) is 11.6 Å². The molecule has 0 bridgehead atoms. The molecule has 13 heavy (non-hydrogen) atoms. The lowest BCUT2D eigenvalue weighted by molar-refractivity contribution is -0.107. The van der Waals surface area contributed by atoms with Gasteiger partial charge >= 0.3 is 0 Å². The minimum absolute atomic E-state index is 0.329. The third-order valence-electron chi connectivity index (χ3n) is 1.50. The molecule has 0 saturated heterocycles. The Labute approximate surface area is 84.4 Å². The molecule has 0 aliphatic carbocycles. The Morgan fingerprint density at radius 3 is 2.46 bits per heavy atom. The quantitative estimate of drug-likeness (QED) is 0.722. The molecule has 0 aromatic heterocycles. The molecule has 4 heteroatoms. The number of rotatable bonds is 4. The van der Waals surface area contributed by atoms with Crippen molar-refractivity contribution in [1.29, 1.82) is 0 Å². The van der Waals surface area contributed by atoms with Gasteiger partial charge in [-0.3, -0.25) is 4.21 Å². The first-order valence-electron chi connectivity index (χ1n) is 3.81. The number of carbonyl (C=O) groups is 1. The van der Waals surface area contributed by atoms with E-state index in [4.69, 9.17) is 11.6 Å². The Hall–Kier alpha value is -0.670. The Bertz CT molecular complexity index is 308. The molecule has 0 saturated carbocycles. The fourth-order valence-electron chi connectivity index (χ4n) is 0.859. The van der Waals surface area contributed by atoms with E-state index in [1.54, 1.807) is 24.3 Å². The first kappa shape index (κ1) is 10.4. The summed E-state index contributed by atoms with van der Waals surface area (Å²) in [5.41, 5.74) is 0. The lowest BCUT2D eigenvalue weighted by Gasteiger charge is -1.98. The zero-order valence-corrected chi connectivity index (χ0v) is 8.48. The van der Waals surface area contributed by atoms with Crippen molar-refractivity contribution in [3.8, 4) is 0 Å². The molecule has 0 spiro atoms. The molecule has 0 heterocycles. The molecule has 0 N–H and O–H groups in total. The predicted molar refractivity (Wildman–Crippen MR) is 53.4 cm³/mol. The van der Waals surface area contributed by atoms with Crippen LogP contribution in [-0.4, -0.2) is 16.2 Å². The number of aldehydes is 1. The molecule has 1 aromatic rings. The molecule has 0 fully saturated rings. The van der Waals surface area contributed by atoms with Crippen molar-refractivity contribution < 1.29 is 9.00 Å². The minimum atomic E-state index is -1.08. The summed E-state index contributed by atoms with van der Waals surface area (Å²) in [6.07, 6.45) is 1.10. The molecule has 70 valence electrons. The summed E-state index contributed by atoms with van der Waals surface area (Å²) in [6, 6.07) is 6.80. The van der Waals surface area contributed by atoms with Crippen LogP contribution >= 0.6 is 11.6 Å². The van der Waals surface area contributed by atoms with E-state index in [1.807, 2.05) is 0 Å². The van der Waals surface area contributed by atoms with Crippen molar-refractivity contribution in [2.45, 2.75) is 11.3 Å². The van der Waals surface area contributed by atoms with Gasteiger partial charge in [0.2, 0.25) is 0 Å². The summed E-state index contributed by atoms with van der Waals surface area (Å²) in [5, 5.41) is 0.621. The van der Waals surface area contributed by atoms with E-state index in [9.17, 15) is 9.00 Å². The Kier molecular flexibility index (Phi) is 4.12. The van der Waals surface area contributed by atoms with Gasteiger partial charge in [-0.2, -0.15) is 0 Å². The van der Waals surface area contributed by atoms with Crippen molar-refractivity contribution in [3.05, 3.63) is 29.3 Å². The number of hydrogen-bond donors (Lipinski definition) is 0. The van der Waals surface area contributed by atoms with Crippen LogP contribution < -0.4 is 0 Å². The van der Waals surface area contributed by atoms with Gasteiger partial charge in [0.15, 0.2) is 0 Å². The SMILES string of the molecule is O=CCCS(=O)c1ccc(Cl)cc1. The summed E-state index contributed by atoms with van der Waals surface area (Å²) < 4.78 is 11.4. The molecule has 0 amide bonds. The number of halogens is 1. The monoisotopic (exact) mass is 216 g/mol. The van der Waals surface area contributed by atoms with E-state index in [2.05, 4.69) is 0 Å². The molecule has 2 nitrogen and oxygen atoms in total. The molecule has 1 aromatic carbocycles. The fraction of sp³-hybridized carbons (Fsp3) is 0.222. The van der Waals surface area contributed by atoms with Crippen LogP contribution in [0.3, 0.4) is 0 Å². The topological polar surface area (TPSA) is 34.1 Å². The van der Waals surface area contributed by atoms with Crippen molar-refractivity contribution in [3.63, 3.8) is 0 Å². The summed E-state index contributed by atoms with van der Waals surface area (Å²) in [4.78, 5) is 10.8. The minimum Gasteiger partial charge on any atom is -0.303 e. The van der Waals surface area contributed by atoms with Gasteiger partial charge in [-0.25, -0.2) is 0 Å². The average molecular weight is 217 g/mol. The molecular weight excluding hydrogens is 208 g/mol. The van der Waals surface area contributed by atoms with E-state index in [0.29, 0.717) is 22.1 Å². The van der Waals surface area contributed by atoms with Crippen LogP contribution in [0.25, 0.3) is 0 Å². The van der Waals surface area contributed by atoms with Crippen molar-refractivity contribution >= 4 is 28.7 Å². The van der Waals surface area contributed by atoms with Crippen LogP contribution in [0.4, 0.5) is 0 Å². The fourth-order valence-corrected chi connectivity index (χ4v) is 1.97. The molecule has 1 unspecified atom stereocenters. The summed E-state index contributed by atoms with van der Waals surface area (Å²) >= 11 is 5.67. The highest BCUT2D eigenvalue weighted by molar-refractivity contribution is 7.85. The van der Waals surface area contributed by atoms with E-state index < -0.39 is 10.8 Å². The maximum Gasteiger partial charge on any atom is 0.120 e. The second kappa shape index (κ2) is 5.14. The standard InChI is InChI=1S/C9H9ClO2S/c10-8-2-4-9(5-3-8)13(12)7-1-6-11/h2-6H,1,7H2. The average Bonchev–Trinajstić information content (AvgIpc) is 2.15. The third kappa shape index (κ3) is 3.28. The van der Waals surface area contributed by atoms with Gasteiger partial charge in [0.1, 0.15) is 6.29 Å².